The lowest BCUT2D eigenvalue weighted by Gasteiger charge is -2.14. The zero-order valence-corrected chi connectivity index (χ0v) is 10.1. The molecule has 2 aromatic carbocycles. The smallest absolute Gasteiger partial charge is 0.127 e. The predicted octanol–water partition coefficient (Wildman–Crippen LogP) is 3.85. The second-order valence-electron chi connectivity index (χ2n) is 4.21. The van der Waals surface area contributed by atoms with E-state index in [4.69, 9.17) is 4.74 Å². The van der Waals surface area contributed by atoms with Crippen LogP contribution in [0.4, 0.5) is 0 Å². The van der Waals surface area contributed by atoms with Gasteiger partial charge in [0.05, 0.1) is 6.10 Å². The monoisotopic (exact) mass is 228 g/mol. The standard InChI is InChI=1S/C15H16O2/c1-11(2)17-15-6-4-3-5-14(15)12-7-9-13(16)10-8-12/h3-11,16H,1-2H3. The van der Waals surface area contributed by atoms with Gasteiger partial charge in [-0.25, -0.2) is 0 Å². The van der Waals surface area contributed by atoms with Crippen molar-refractivity contribution in [2.45, 2.75) is 20.0 Å². The molecule has 0 atom stereocenters. The highest BCUT2D eigenvalue weighted by Gasteiger charge is 2.06. The first kappa shape index (κ1) is 11.5. The number of phenols is 1. The molecule has 17 heavy (non-hydrogen) atoms. The molecule has 2 aromatic rings. The maximum Gasteiger partial charge on any atom is 0.127 e. The molecule has 0 radical (unpaired) electrons. The van der Waals surface area contributed by atoms with Gasteiger partial charge in [-0.3, -0.25) is 0 Å². The van der Waals surface area contributed by atoms with Crippen molar-refractivity contribution in [2.75, 3.05) is 0 Å². The summed E-state index contributed by atoms with van der Waals surface area (Å²) in [5, 5.41) is 9.29. The first-order chi connectivity index (χ1) is 8.16. The van der Waals surface area contributed by atoms with Gasteiger partial charge in [-0.2, -0.15) is 0 Å². The molecule has 0 amide bonds. The third-order valence-corrected chi connectivity index (χ3v) is 2.43. The van der Waals surface area contributed by atoms with Crippen LogP contribution in [0.1, 0.15) is 13.8 Å². The van der Waals surface area contributed by atoms with Crippen LogP contribution >= 0.6 is 0 Å². The van der Waals surface area contributed by atoms with Crippen molar-refractivity contribution in [1.29, 1.82) is 0 Å². The van der Waals surface area contributed by atoms with Gasteiger partial charge in [0.15, 0.2) is 0 Å². The van der Waals surface area contributed by atoms with E-state index in [0.29, 0.717) is 0 Å². The van der Waals surface area contributed by atoms with Gasteiger partial charge in [0, 0.05) is 5.56 Å². The summed E-state index contributed by atoms with van der Waals surface area (Å²) in [5.74, 6) is 1.14. The molecule has 0 aliphatic heterocycles. The van der Waals surface area contributed by atoms with Crippen LogP contribution in [-0.4, -0.2) is 11.2 Å². The van der Waals surface area contributed by atoms with E-state index in [-0.39, 0.29) is 11.9 Å². The fraction of sp³-hybridized carbons (Fsp3) is 0.200. The number of phenolic OH excluding ortho intramolecular Hbond substituents is 1. The van der Waals surface area contributed by atoms with Crippen LogP contribution in [-0.2, 0) is 0 Å². The van der Waals surface area contributed by atoms with Crippen molar-refractivity contribution in [2.24, 2.45) is 0 Å². The summed E-state index contributed by atoms with van der Waals surface area (Å²) in [5.41, 5.74) is 2.08. The second-order valence-corrected chi connectivity index (χ2v) is 4.21. The molecule has 2 rings (SSSR count). The number of aromatic hydroxyl groups is 1. The van der Waals surface area contributed by atoms with Crippen LogP contribution in [0.5, 0.6) is 11.5 Å². The molecule has 88 valence electrons. The molecule has 1 N–H and O–H groups in total. The first-order valence-corrected chi connectivity index (χ1v) is 5.72. The minimum absolute atomic E-state index is 0.147. The molecule has 0 fully saturated rings. The van der Waals surface area contributed by atoms with E-state index >= 15 is 0 Å². The zero-order chi connectivity index (χ0) is 12.3. The van der Waals surface area contributed by atoms with E-state index in [9.17, 15) is 5.11 Å². The molecule has 0 heterocycles. The van der Waals surface area contributed by atoms with Crippen molar-refractivity contribution in [3.05, 3.63) is 48.5 Å². The van der Waals surface area contributed by atoms with Crippen LogP contribution in [0.3, 0.4) is 0 Å². The largest absolute Gasteiger partial charge is 0.508 e. The lowest BCUT2D eigenvalue weighted by Crippen LogP contribution is -2.06. The van der Waals surface area contributed by atoms with Gasteiger partial charge in [0.1, 0.15) is 11.5 Å². The molecule has 0 aliphatic carbocycles. The molecule has 2 heteroatoms. The van der Waals surface area contributed by atoms with Crippen LogP contribution < -0.4 is 4.74 Å². The fourth-order valence-electron chi connectivity index (χ4n) is 1.70. The van der Waals surface area contributed by atoms with E-state index < -0.39 is 0 Å². The minimum atomic E-state index is 0.147. The first-order valence-electron chi connectivity index (χ1n) is 5.72. The van der Waals surface area contributed by atoms with Crippen molar-refractivity contribution in [3.63, 3.8) is 0 Å². The van der Waals surface area contributed by atoms with Gasteiger partial charge in [-0.05, 0) is 37.6 Å². The highest BCUT2D eigenvalue weighted by Crippen LogP contribution is 2.31. The van der Waals surface area contributed by atoms with Crippen molar-refractivity contribution in [1.82, 2.24) is 0 Å². The molecular weight excluding hydrogens is 212 g/mol. The Labute approximate surface area is 101 Å². The Kier molecular flexibility index (Phi) is 3.33. The van der Waals surface area contributed by atoms with Crippen LogP contribution in [0.2, 0.25) is 0 Å². The third-order valence-electron chi connectivity index (χ3n) is 2.43. The van der Waals surface area contributed by atoms with Crippen LogP contribution in [0.25, 0.3) is 11.1 Å². The number of hydrogen-bond donors (Lipinski definition) is 1. The lowest BCUT2D eigenvalue weighted by atomic mass is 10.0. The van der Waals surface area contributed by atoms with E-state index in [0.717, 1.165) is 16.9 Å². The quantitative estimate of drug-likeness (QED) is 0.864. The van der Waals surface area contributed by atoms with E-state index in [1.807, 2.05) is 50.2 Å². The molecular formula is C15H16O2. The van der Waals surface area contributed by atoms with Gasteiger partial charge >= 0.3 is 0 Å². The molecule has 0 saturated heterocycles. The van der Waals surface area contributed by atoms with Gasteiger partial charge in [-0.1, -0.05) is 30.3 Å². The number of benzene rings is 2. The summed E-state index contributed by atoms with van der Waals surface area (Å²) < 4.78 is 5.77. The second kappa shape index (κ2) is 4.91. The Morgan fingerprint density at radius 3 is 2.24 bits per heavy atom. The maximum atomic E-state index is 9.29. The van der Waals surface area contributed by atoms with Crippen LogP contribution in [0.15, 0.2) is 48.5 Å². The van der Waals surface area contributed by atoms with Crippen molar-refractivity contribution in [3.8, 4) is 22.6 Å². The number of hydrogen-bond acceptors (Lipinski definition) is 2. The van der Waals surface area contributed by atoms with E-state index in [1.165, 1.54) is 0 Å². The Hall–Kier alpha value is -1.96. The van der Waals surface area contributed by atoms with Gasteiger partial charge in [0.2, 0.25) is 0 Å². The van der Waals surface area contributed by atoms with Gasteiger partial charge < -0.3 is 9.84 Å². The molecule has 0 unspecified atom stereocenters. The van der Waals surface area contributed by atoms with Crippen LogP contribution in [0, 0.1) is 0 Å². The van der Waals surface area contributed by atoms with Gasteiger partial charge in [0.25, 0.3) is 0 Å². The fourth-order valence-corrected chi connectivity index (χ4v) is 1.70. The zero-order valence-electron chi connectivity index (χ0n) is 10.1. The Bertz CT molecular complexity index is 487. The molecule has 2 nitrogen and oxygen atoms in total. The van der Waals surface area contributed by atoms with E-state index in [2.05, 4.69) is 0 Å². The summed E-state index contributed by atoms with van der Waals surface area (Å²) in [7, 11) is 0. The summed E-state index contributed by atoms with van der Waals surface area (Å²) in [6.45, 7) is 4.02. The van der Waals surface area contributed by atoms with Crippen molar-refractivity contribution < 1.29 is 9.84 Å². The Balaban J connectivity index is 2.40. The molecule has 0 aliphatic rings. The number of rotatable bonds is 3. The summed E-state index contributed by atoms with van der Waals surface area (Å²) in [6, 6.07) is 15.1. The maximum absolute atomic E-state index is 9.29. The molecule has 0 spiro atoms. The lowest BCUT2D eigenvalue weighted by molar-refractivity contribution is 0.243. The average Bonchev–Trinajstić information content (AvgIpc) is 2.30. The van der Waals surface area contributed by atoms with Gasteiger partial charge in [-0.15, -0.1) is 0 Å². The molecule has 0 bridgehead atoms. The number of ether oxygens (including phenoxy) is 1. The molecule has 0 aromatic heterocycles. The highest BCUT2D eigenvalue weighted by molar-refractivity contribution is 5.70. The minimum Gasteiger partial charge on any atom is -0.508 e. The summed E-state index contributed by atoms with van der Waals surface area (Å²) in [6.07, 6.45) is 0.147. The molecule has 0 saturated carbocycles. The Morgan fingerprint density at radius 1 is 0.941 bits per heavy atom. The summed E-state index contributed by atoms with van der Waals surface area (Å²) >= 11 is 0. The summed E-state index contributed by atoms with van der Waals surface area (Å²) in [4.78, 5) is 0. The van der Waals surface area contributed by atoms with E-state index in [1.54, 1.807) is 12.1 Å². The predicted molar refractivity (Wildman–Crippen MR) is 69.3 cm³/mol. The SMILES string of the molecule is CC(C)Oc1ccccc1-c1ccc(O)cc1. The number of para-hydroxylation sites is 1. The average molecular weight is 228 g/mol. The Morgan fingerprint density at radius 2 is 1.59 bits per heavy atom. The highest BCUT2D eigenvalue weighted by atomic mass is 16.5. The topological polar surface area (TPSA) is 29.5 Å². The normalized spacial score (nSPS) is 10.5. The third kappa shape index (κ3) is 2.78. The van der Waals surface area contributed by atoms with Crippen molar-refractivity contribution >= 4 is 0 Å².